The Hall–Kier alpha value is -2.81. The maximum absolute atomic E-state index is 12.6. The molecule has 148 valence electrons. The van der Waals surface area contributed by atoms with Crippen LogP contribution in [-0.2, 0) is 9.59 Å². The first kappa shape index (κ1) is 19.9. The van der Waals surface area contributed by atoms with Crippen molar-refractivity contribution in [1.29, 1.82) is 0 Å². The van der Waals surface area contributed by atoms with E-state index in [0.717, 1.165) is 0 Å². The molecule has 0 saturated carbocycles. The molecule has 1 saturated heterocycles. The van der Waals surface area contributed by atoms with Crippen molar-refractivity contribution in [1.82, 2.24) is 9.88 Å². The van der Waals surface area contributed by atoms with Crippen LogP contribution in [-0.4, -0.2) is 46.7 Å². The number of H-pyrrole nitrogens is 1. The summed E-state index contributed by atoms with van der Waals surface area (Å²) in [5, 5.41) is 2.81. The third-order valence-corrected chi connectivity index (χ3v) is 4.52. The molecule has 3 rings (SSSR count). The highest BCUT2D eigenvalue weighted by molar-refractivity contribution is 6.31. The SMILES string of the molecule is O=C(c1ccc[nH]1)c1cc(Cl)ccc1NC(=O)[C@@H]1CC(=O)N(CC(F)(F)F)C1. The lowest BCUT2D eigenvalue weighted by Crippen LogP contribution is -2.36. The molecule has 1 atom stereocenters. The monoisotopic (exact) mass is 413 g/mol. The summed E-state index contributed by atoms with van der Waals surface area (Å²) < 4.78 is 37.6. The predicted octanol–water partition coefficient (Wildman–Crippen LogP) is 3.25. The summed E-state index contributed by atoms with van der Waals surface area (Å²) in [7, 11) is 0. The van der Waals surface area contributed by atoms with E-state index in [-0.39, 0.29) is 34.9 Å². The summed E-state index contributed by atoms with van der Waals surface area (Å²) in [5.74, 6) is -2.74. The van der Waals surface area contributed by atoms with Crippen molar-refractivity contribution in [2.24, 2.45) is 5.92 Å². The molecule has 1 aliphatic heterocycles. The Bertz CT molecular complexity index is 913. The lowest BCUT2D eigenvalue weighted by atomic mass is 10.0. The number of aromatic nitrogens is 1. The summed E-state index contributed by atoms with van der Waals surface area (Å²) in [6, 6.07) is 7.48. The van der Waals surface area contributed by atoms with Crippen LogP contribution in [0.3, 0.4) is 0 Å². The van der Waals surface area contributed by atoms with Crippen molar-refractivity contribution >= 4 is 34.9 Å². The molecule has 0 unspecified atom stereocenters. The fourth-order valence-electron chi connectivity index (χ4n) is 2.98. The van der Waals surface area contributed by atoms with Gasteiger partial charge in [-0.2, -0.15) is 13.2 Å². The van der Waals surface area contributed by atoms with E-state index in [4.69, 9.17) is 11.6 Å². The smallest absolute Gasteiger partial charge is 0.359 e. The van der Waals surface area contributed by atoms with Gasteiger partial charge in [0.15, 0.2) is 0 Å². The first-order valence-corrected chi connectivity index (χ1v) is 8.65. The van der Waals surface area contributed by atoms with Gasteiger partial charge in [0.2, 0.25) is 17.6 Å². The number of nitrogens with one attached hydrogen (secondary N) is 2. The van der Waals surface area contributed by atoms with E-state index in [1.54, 1.807) is 18.3 Å². The average molecular weight is 414 g/mol. The van der Waals surface area contributed by atoms with Crippen molar-refractivity contribution in [2.75, 3.05) is 18.4 Å². The van der Waals surface area contributed by atoms with Gasteiger partial charge in [-0.25, -0.2) is 0 Å². The molecule has 0 radical (unpaired) electrons. The molecule has 2 aromatic rings. The minimum atomic E-state index is -4.53. The van der Waals surface area contributed by atoms with E-state index in [9.17, 15) is 27.6 Å². The summed E-state index contributed by atoms with van der Waals surface area (Å²) in [5.41, 5.74) is 0.570. The van der Waals surface area contributed by atoms with Gasteiger partial charge in [-0.3, -0.25) is 14.4 Å². The number of anilines is 1. The zero-order valence-electron chi connectivity index (χ0n) is 14.3. The Labute approximate surface area is 162 Å². The number of hydrogen-bond donors (Lipinski definition) is 2. The third kappa shape index (κ3) is 4.53. The average Bonchev–Trinajstić information content (AvgIpc) is 3.25. The van der Waals surface area contributed by atoms with Gasteiger partial charge in [-0.15, -0.1) is 0 Å². The molecule has 28 heavy (non-hydrogen) atoms. The lowest BCUT2D eigenvalue weighted by Gasteiger charge is -2.18. The number of aromatic amines is 1. The maximum atomic E-state index is 12.6. The molecule has 0 bridgehead atoms. The predicted molar refractivity (Wildman–Crippen MR) is 95.0 cm³/mol. The lowest BCUT2D eigenvalue weighted by molar-refractivity contribution is -0.157. The Kier molecular flexibility index (Phi) is 5.46. The molecule has 0 aliphatic carbocycles. The fourth-order valence-corrected chi connectivity index (χ4v) is 3.15. The van der Waals surface area contributed by atoms with E-state index in [0.29, 0.717) is 4.90 Å². The quantitative estimate of drug-likeness (QED) is 0.738. The first-order chi connectivity index (χ1) is 13.1. The number of carbonyl (C=O) groups excluding carboxylic acids is 3. The third-order valence-electron chi connectivity index (χ3n) is 4.28. The maximum Gasteiger partial charge on any atom is 0.406 e. The molecule has 2 heterocycles. The Morgan fingerprint density at radius 3 is 2.68 bits per heavy atom. The Balaban J connectivity index is 1.76. The molecule has 1 aromatic carbocycles. The summed E-state index contributed by atoms with van der Waals surface area (Å²) in [4.78, 5) is 40.2. The van der Waals surface area contributed by atoms with Gasteiger partial charge in [-0.1, -0.05) is 11.6 Å². The zero-order chi connectivity index (χ0) is 20.5. The summed E-state index contributed by atoms with van der Waals surface area (Å²) >= 11 is 5.95. The molecule has 1 fully saturated rings. The van der Waals surface area contributed by atoms with Crippen LogP contribution >= 0.6 is 11.6 Å². The second kappa shape index (κ2) is 7.67. The fraction of sp³-hybridized carbons (Fsp3) is 0.278. The number of likely N-dealkylation sites (tertiary alicyclic amines) is 1. The molecule has 1 aliphatic rings. The number of nitrogens with zero attached hydrogens (tertiary/aromatic N) is 1. The van der Waals surface area contributed by atoms with Gasteiger partial charge in [0.05, 0.1) is 17.3 Å². The zero-order valence-corrected chi connectivity index (χ0v) is 15.1. The van der Waals surface area contributed by atoms with E-state index in [1.165, 1.54) is 18.2 Å². The molecular formula is C18H15ClF3N3O3. The topological polar surface area (TPSA) is 82.3 Å². The van der Waals surface area contributed by atoms with Crippen LogP contribution in [0.1, 0.15) is 22.5 Å². The number of benzene rings is 1. The molecule has 1 aromatic heterocycles. The van der Waals surface area contributed by atoms with Crippen LogP contribution in [0.5, 0.6) is 0 Å². The second-order valence-corrected chi connectivity index (χ2v) is 6.82. The number of halogens is 4. The van der Waals surface area contributed by atoms with Crippen LogP contribution in [0, 0.1) is 5.92 Å². The standard InChI is InChI=1S/C18H15ClF3N3O3/c19-11-3-4-13(12(7-11)16(27)14-2-1-5-23-14)24-17(28)10-6-15(26)25(8-10)9-18(20,21)22/h1-5,7,10,23H,6,8-9H2,(H,24,28)/t10-/m1/s1. The number of amides is 2. The number of carbonyl (C=O) groups is 3. The van der Waals surface area contributed by atoms with E-state index in [1.807, 2.05) is 0 Å². The molecular weight excluding hydrogens is 399 g/mol. The van der Waals surface area contributed by atoms with Crippen LogP contribution < -0.4 is 5.32 Å². The van der Waals surface area contributed by atoms with Crippen LogP contribution in [0.4, 0.5) is 18.9 Å². The van der Waals surface area contributed by atoms with Crippen molar-refractivity contribution in [3.63, 3.8) is 0 Å². The Morgan fingerprint density at radius 1 is 1.29 bits per heavy atom. The largest absolute Gasteiger partial charge is 0.406 e. The highest BCUT2D eigenvalue weighted by Crippen LogP contribution is 2.27. The van der Waals surface area contributed by atoms with Crippen molar-refractivity contribution in [2.45, 2.75) is 12.6 Å². The van der Waals surface area contributed by atoms with Crippen molar-refractivity contribution in [3.05, 3.63) is 52.8 Å². The van der Waals surface area contributed by atoms with Gasteiger partial charge in [0.25, 0.3) is 0 Å². The van der Waals surface area contributed by atoms with Crippen LogP contribution in [0.2, 0.25) is 5.02 Å². The van der Waals surface area contributed by atoms with Crippen molar-refractivity contribution < 1.29 is 27.6 Å². The minimum Gasteiger partial charge on any atom is -0.359 e. The Morgan fingerprint density at radius 2 is 2.04 bits per heavy atom. The highest BCUT2D eigenvalue weighted by atomic mass is 35.5. The van der Waals surface area contributed by atoms with Gasteiger partial charge in [0, 0.05) is 29.7 Å². The number of hydrogen-bond acceptors (Lipinski definition) is 3. The van der Waals surface area contributed by atoms with E-state index < -0.39 is 36.2 Å². The van der Waals surface area contributed by atoms with E-state index >= 15 is 0 Å². The number of rotatable bonds is 5. The van der Waals surface area contributed by atoms with Gasteiger partial charge in [0.1, 0.15) is 6.54 Å². The normalized spacial score (nSPS) is 17.1. The summed E-state index contributed by atoms with van der Waals surface area (Å²) in [6.45, 7) is -1.73. The molecule has 2 N–H and O–H groups in total. The molecule has 2 amide bonds. The first-order valence-electron chi connectivity index (χ1n) is 8.27. The van der Waals surface area contributed by atoms with Gasteiger partial charge >= 0.3 is 6.18 Å². The molecule has 0 spiro atoms. The van der Waals surface area contributed by atoms with Crippen LogP contribution in [0.15, 0.2) is 36.5 Å². The van der Waals surface area contributed by atoms with Gasteiger partial charge in [-0.05, 0) is 30.3 Å². The minimum absolute atomic E-state index is 0.125. The number of ketones is 1. The molecule has 6 nitrogen and oxygen atoms in total. The highest BCUT2D eigenvalue weighted by Gasteiger charge is 2.40. The summed E-state index contributed by atoms with van der Waals surface area (Å²) in [6.07, 6.45) is -3.29. The van der Waals surface area contributed by atoms with E-state index in [2.05, 4.69) is 10.3 Å². The number of alkyl halides is 3. The van der Waals surface area contributed by atoms with Gasteiger partial charge < -0.3 is 15.2 Å². The van der Waals surface area contributed by atoms with Crippen LogP contribution in [0.25, 0.3) is 0 Å². The second-order valence-electron chi connectivity index (χ2n) is 6.38. The van der Waals surface area contributed by atoms with Crippen molar-refractivity contribution in [3.8, 4) is 0 Å². The molecule has 10 heteroatoms.